The number of benzene rings is 1. The second kappa shape index (κ2) is 14.6. The summed E-state index contributed by atoms with van der Waals surface area (Å²) in [6.45, 7) is 13.0. The Morgan fingerprint density at radius 2 is 1.93 bits per heavy atom. The minimum atomic E-state index is -1.27. The maximum absolute atomic E-state index is 14.7. The van der Waals surface area contributed by atoms with Gasteiger partial charge in [0.1, 0.15) is 23.5 Å². The van der Waals surface area contributed by atoms with E-state index in [4.69, 9.17) is 14.2 Å². The normalized spacial score (nSPS) is 26.9. The van der Waals surface area contributed by atoms with Crippen molar-refractivity contribution in [2.75, 3.05) is 31.7 Å². The minimum Gasteiger partial charge on any atom is -0.497 e. The van der Waals surface area contributed by atoms with Gasteiger partial charge in [0.25, 0.3) is 5.91 Å². The van der Waals surface area contributed by atoms with E-state index in [0.29, 0.717) is 37.1 Å². The lowest BCUT2D eigenvalue weighted by molar-refractivity contribution is -0.160. The zero-order valence-corrected chi connectivity index (χ0v) is 26.8. The number of methoxy groups -OCH3 is 1. The highest BCUT2D eigenvalue weighted by atomic mass is 16.6. The maximum atomic E-state index is 14.7. The van der Waals surface area contributed by atoms with Gasteiger partial charge in [-0.25, -0.2) is 0 Å². The lowest BCUT2D eigenvalue weighted by Crippen LogP contribution is -2.60. The number of hydrogen-bond acceptors (Lipinski definition) is 8. The van der Waals surface area contributed by atoms with E-state index in [1.807, 2.05) is 13.8 Å². The maximum Gasteiger partial charge on any atom is 0.312 e. The Bertz CT molecular complexity index is 1270. The lowest BCUT2D eigenvalue weighted by Gasteiger charge is -2.40. The number of nitrogens with one attached hydrogen (secondary N) is 1. The Balaban J connectivity index is 1.67. The van der Waals surface area contributed by atoms with Crippen LogP contribution in [0.15, 0.2) is 49.6 Å². The number of likely N-dealkylation sites (tertiary alicyclic amines) is 1. The van der Waals surface area contributed by atoms with Crippen LogP contribution in [-0.4, -0.2) is 90.4 Å². The van der Waals surface area contributed by atoms with Crippen LogP contribution in [0.2, 0.25) is 0 Å². The van der Waals surface area contributed by atoms with Crippen LogP contribution in [0.3, 0.4) is 0 Å². The van der Waals surface area contributed by atoms with E-state index in [2.05, 4.69) is 18.5 Å². The van der Waals surface area contributed by atoms with Crippen molar-refractivity contribution < 1.29 is 38.5 Å². The molecule has 246 valence electrons. The molecule has 3 fully saturated rings. The average Bonchev–Trinajstić information content (AvgIpc) is 3.69. The summed E-state index contributed by atoms with van der Waals surface area (Å²) in [7, 11) is 1.56. The molecule has 3 saturated heterocycles. The first-order valence-electron chi connectivity index (χ1n) is 15.8. The van der Waals surface area contributed by atoms with Crippen LogP contribution in [0.4, 0.5) is 5.69 Å². The summed E-state index contributed by atoms with van der Waals surface area (Å²) < 4.78 is 17.6. The van der Waals surface area contributed by atoms with Gasteiger partial charge in [0, 0.05) is 18.7 Å². The molecule has 11 heteroatoms. The molecule has 0 radical (unpaired) electrons. The first-order chi connectivity index (χ1) is 21.6. The number of carbonyl (C=O) groups is 4. The molecule has 45 heavy (non-hydrogen) atoms. The van der Waals surface area contributed by atoms with Gasteiger partial charge in [-0.15, -0.1) is 13.2 Å². The number of carbonyl (C=O) groups excluding carboxylic acids is 4. The van der Waals surface area contributed by atoms with Crippen molar-refractivity contribution in [3.05, 3.63) is 49.6 Å². The summed E-state index contributed by atoms with van der Waals surface area (Å²) >= 11 is 0. The van der Waals surface area contributed by atoms with Crippen LogP contribution in [0.5, 0.6) is 5.75 Å². The van der Waals surface area contributed by atoms with Gasteiger partial charge < -0.3 is 34.4 Å². The molecule has 4 rings (SSSR count). The molecule has 0 saturated carbocycles. The van der Waals surface area contributed by atoms with E-state index in [0.717, 1.165) is 0 Å². The van der Waals surface area contributed by atoms with Crippen LogP contribution >= 0.6 is 0 Å². The van der Waals surface area contributed by atoms with Crippen LogP contribution in [0.1, 0.15) is 52.9 Å². The van der Waals surface area contributed by atoms with E-state index in [-0.39, 0.29) is 43.8 Å². The number of ether oxygens (including phenoxy) is 3. The van der Waals surface area contributed by atoms with E-state index in [1.54, 1.807) is 55.4 Å². The molecule has 3 heterocycles. The molecule has 1 spiro atoms. The number of anilines is 1. The van der Waals surface area contributed by atoms with Crippen molar-refractivity contribution in [1.29, 1.82) is 0 Å². The second-order valence-corrected chi connectivity index (χ2v) is 12.3. The number of fused-ring (bicyclic) bond motifs is 1. The standard InChI is InChI=1S/C34H47N3O8/c1-7-10-11-27(39)35-19-22(5)44-33(42)28-26-16-17-34(45-26)29(28)31(40)37(25(20-38)21(4)9-3)30(34)32(41)36(18-8-2)23-12-14-24(43-6)15-13-23/h7-8,12-15,21-22,25-26,28-30,38H,1-2,9-11,16-20H2,3-6H3,(H,35,39)/t21-,22+,25-,26-,28+,29+,30-,34+/m0/s1. The number of aliphatic hydroxyl groups excluding tert-OH is 1. The van der Waals surface area contributed by atoms with Gasteiger partial charge in [0.2, 0.25) is 11.8 Å². The van der Waals surface area contributed by atoms with Crippen molar-refractivity contribution in [3.8, 4) is 5.75 Å². The Hall–Kier alpha value is -3.70. The number of hydrogen-bond donors (Lipinski definition) is 2. The predicted molar refractivity (Wildman–Crippen MR) is 168 cm³/mol. The highest BCUT2D eigenvalue weighted by Gasteiger charge is 2.76. The molecule has 0 aliphatic carbocycles. The van der Waals surface area contributed by atoms with Crippen molar-refractivity contribution in [2.24, 2.45) is 17.8 Å². The van der Waals surface area contributed by atoms with Crippen LogP contribution in [0.25, 0.3) is 0 Å². The van der Waals surface area contributed by atoms with E-state index in [1.165, 1.54) is 4.90 Å². The van der Waals surface area contributed by atoms with E-state index >= 15 is 0 Å². The largest absolute Gasteiger partial charge is 0.497 e. The Kier molecular flexibility index (Phi) is 11.1. The fourth-order valence-electron chi connectivity index (χ4n) is 7.07. The fraction of sp³-hybridized carbons (Fsp3) is 0.588. The number of nitrogens with zero attached hydrogens (tertiary/aromatic N) is 2. The molecule has 3 aliphatic heterocycles. The van der Waals surface area contributed by atoms with Crippen molar-refractivity contribution in [2.45, 2.75) is 82.8 Å². The van der Waals surface area contributed by atoms with Crippen molar-refractivity contribution >= 4 is 29.4 Å². The smallest absolute Gasteiger partial charge is 0.312 e. The second-order valence-electron chi connectivity index (χ2n) is 12.3. The quantitative estimate of drug-likeness (QED) is 0.212. The number of aliphatic hydroxyl groups is 1. The van der Waals surface area contributed by atoms with Crippen LogP contribution in [0, 0.1) is 17.8 Å². The summed E-state index contributed by atoms with van der Waals surface area (Å²) in [4.78, 5) is 58.0. The van der Waals surface area contributed by atoms with Gasteiger partial charge in [-0.1, -0.05) is 32.4 Å². The topological polar surface area (TPSA) is 135 Å². The molecule has 1 aromatic carbocycles. The van der Waals surface area contributed by atoms with Gasteiger partial charge in [-0.3, -0.25) is 19.2 Å². The molecular weight excluding hydrogens is 578 g/mol. The zero-order chi connectivity index (χ0) is 32.9. The molecule has 11 nitrogen and oxygen atoms in total. The van der Waals surface area contributed by atoms with Gasteiger partial charge in [0.05, 0.1) is 44.2 Å². The molecule has 2 bridgehead atoms. The number of esters is 1. The Labute approximate surface area is 265 Å². The third-order valence-electron chi connectivity index (χ3n) is 9.53. The fourth-order valence-corrected chi connectivity index (χ4v) is 7.07. The zero-order valence-electron chi connectivity index (χ0n) is 26.8. The third-order valence-corrected chi connectivity index (χ3v) is 9.53. The van der Waals surface area contributed by atoms with Gasteiger partial charge >= 0.3 is 5.97 Å². The first-order valence-corrected chi connectivity index (χ1v) is 15.8. The van der Waals surface area contributed by atoms with E-state index in [9.17, 15) is 24.3 Å². The Morgan fingerprint density at radius 3 is 2.53 bits per heavy atom. The third kappa shape index (κ3) is 6.51. The molecule has 0 unspecified atom stereocenters. The molecule has 3 amide bonds. The van der Waals surface area contributed by atoms with Crippen LogP contribution < -0.4 is 15.0 Å². The molecule has 8 atom stereocenters. The summed E-state index contributed by atoms with van der Waals surface area (Å²) in [5, 5.41) is 13.3. The number of rotatable bonds is 16. The molecule has 2 N–H and O–H groups in total. The molecule has 0 aromatic heterocycles. The monoisotopic (exact) mass is 625 g/mol. The van der Waals surface area contributed by atoms with Crippen molar-refractivity contribution in [3.63, 3.8) is 0 Å². The number of amides is 3. The SMILES string of the molecule is C=CCCC(=O)NC[C@@H](C)OC(=O)[C@@H]1[C@@H]2CC[C@]3(O2)[C@H](C(=O)N(CC=C)c2ccc(OC)cc2)N([C@@H](CO)[C@@H](C)CC)C(=O)[C@@H]13. The lowest BCUT2D eigenvalue weighted by atomic mass is 9.70. The highest BCUT2D eigenvalue weighted by molar-refractivity contribution is 6.05. The predicted octanol–water partition coefficient (Wildman–Crippen LogP) is 3.01. The molecule has 1 aromatic rings. The number of allylic oxidation sites excluding steroid dienone is 1. The van der Waals surface area contributed by atoms with Gasteiger partial charge in [-0.05, 0) is 56.4 Å². The van der Waals surface area contributed by atoms with Gasteiger partial charge in [-0.2, -0.15) is 0 Å². The summed E-state index contributed by atoms with van der Waals surface area (Å²) in [6, 6.07) is 5.28. The molecular formula is C34H47N3O8. The van der Waals surface area contributed by atoms with Crippen LogP contribution in [-0.2, 0) is 28.7 Å². The van der Waals surface area contributed by atoms with E-state index < -0.39 is 53.6 Å². The highest BCUT2D eigenvalue weighted by Crippen LogP contribution is 2.59. The Morgan fingerprint density at radius 1 is 1.22 bits per heavy atom. The average molecular weight is 626 g/mol. The summed E-state index contributed by atoms with van der Waals surface area (Å²) in [5.74, 6) is -2.92. The first kappa shape index (κ1) is 34.2. The van der Waals surface area contributed by atoms with Crippen molar-refractivity contribution in [1.82, 2.24) is 10.2 Å². The minimum absolute atomic E-state index is 0.121. The summed E-state index contributed by atoms with van der Waals surface area (Å²) in [5.41, 5.74) is -0.679. The summed E-state index contributed by atoms with van der Waals surface area (Å²) in [6.07, 6.45) is 4.40. The molecule has 3 aliphatic rings. The van der Waals surface area contributed by atoms with Gasteiger partial charge in [0.15, 0.2) is 0 Å².